The Hall–Kier alpha value is -3.42. The number of methoxy groups -OCH3 is 2. The first kappa shape index (κ1) is 18.9. The van der Waals surface area contributed by atoms with E-state index in [-0.39, 0.29) is 35.0 Å². The van der Waals surface area contributed by atoms with E-state index in [1.807, 2.05) is 0 Å². The van der Waals surface area contributed by atoms with Crippen molar-refractivity contribution in [3.63, 3.8) is 0 Å². The van der Waals surface area contributed by atoms with Crippen LogP contribution in [-0.4, -0.2) is 41.5 Å². The molecule has 2 rings (SSSR count). The van der Waals surface area contributed by atoms with Gasteiger partial charge >= 0.3 is 11.9 Å². The number of carbonyl (C=O) groups is 2. The fraction of sp³-hybridized carbons (Fsp3) is 0.222. The molecule has 1 atom stereocenters. The molecule has 0 aromatic heterocycles. The number of rotatable bonds is 7. The number of carboxylic acids is 1. The summed E-state index contributed by atoms with van der Waals surface area (Å²) in [6.07, 6.45) is -1.77. The summed E-state index contributed by atoms with van der Waals surface area (Å²) in [7, 11) is 2.69. The van der Waals surface area contributed by atoms with Gasteiger partial charge in [0.25, 0.3) is 0 Å². The number of aliphatic carboxylic acids is 1. The molecule has 2 aromatic carbocycles. The maximum Gasteiger partial charge on any atom is 0.349 e. The minimum Gasteiger partial charge on any atom is -0.504 e. The van der Waals surface area contributed by atoms with E-state index in [1.165, 1.54) is 50.6 Å². The Morgan fingerprint density at radius 2 is 1.54 bits per heavy atom. The number of carboxylic acid groups (broad SMARTS) is 1. The van der Waals surface area contributed by atoms with Gasteiger partial charge in [0, 0.05) is 5.56 Å². The molecule has 0 amide bonds. The largest absolute Gasteiger partial charge is 0.504 e. The topological polar surface area (TPSA) is 123 Å². The first-order valence-corrected chi connectivity index (χ1v) is 7.50. The van der Waals surface area contributed by atoms with Gasteiger partial charge in [0.2, 0.25) is 6.10 Å². The van der Waals surface area contributed by atoms with E-state index < -0.39 is 18.0 Å². The second-order valence-corrected chi connectivity index (χ2v) is 5.32. The van der Waals surface area contributed by atoms with Gasteiger partial charge in [0.15, 0.2) is 23.0 Å². The molecule has 138 valence electrons. The molecular formula is C18H18O8. The molecule has 8 nitrogen and oxygen atoms in total. The van der Waals surface area contributed by atoms with E-state index >= 15 is 0 Å². The zero-order chi connectivity index (χ0) is 19.3. The smallest absolute Gasteiger partial charge is 0.349 e. The van der Waals surface area contributed by atoms with Crippen LogP contribution in [0.25, 0.3) is 0 Å². The predicted molar refractivity (Wildman–Crippen MR) is 89.5 cm³/mol. The highest BCUT2D eigenvalue weighted by molar-refractivity contribution is 5.80. The molecule has 0 saturated carbocycles. The number of aromatic hydroxyl groups is 2. The lowest BCUT2D eigenvalue weighted by Gasteiger charge is -2.15. The van der Waals surface area contributed by atoms with Crippen molar-refractivity contribution >= 4 is 11.9 Å². The molecule has 0 fully saturated rings. The van der Waals surface area contributed by atoms with Crippen molar-refractivity contribution in [2.24, 2.45) is 0 Å². The Labute approximate surface area is 149 Å². The molecule has 0 spiro atoms. The first-order valence-electron chi connectivity index (χ1n) is 7.50. The molecule has 0 aliphatic carbocycles. The van der Waals surface area contributed by atoms with Crippen molar-refractivity contribution in [2.45, 2.75) is 12.5 Å². The summed E-state index contributed by atoms with van der Waals surface area (Å²) in [5.41, 5.74) is 0.626. The third-order valence-corrected chi connectivity index (χ3v) is 3.57. The van der Waals surface area contributed by atoms with Crippen LogP contribution >= 0.6 is 0 Å². The van der Waals surface area contributed by atoms with Crippen LogP contribution in [0.5, 0.6) is 23.0 Å². The highest BCUT2D eigenvalue weighted by atomic mass is 16.6. The summed E-state index contributed by atoms with van der Waals surface area (Å²) in [6.45, 7) is 0. The van der Waals surface area contributed by atoms with Crippen LogP contribution in [0, 0.1) is 0 Å². The van der Waals surface area contributed by atoms with Gasteiger partial charge in [0.1, 0.15) is 0 Å². The molecule has 26 heavy (non-hydrogen) atoms. The first-order chi connectivity index (χ1) is 12.3. The van der Waals surface area contributed by atoms with Crippen molar-refractivity contribution in [1.29, 1.82) is 0 Å². The minimum absolute atomic E-state index is 0.0630. The van der Waals surface area contributed by atoms with Crippen molar-refractivity contribution in [3.05, 3.63) is 47.5 Å². The maximum absolute atomic E-state index is 12.1. The monoisotopic (exact) mass is 362 g/mol. The Morgan fingerprint density at radius 1 is 0.962 bits per heavy atom. The van der Waals surface area contributed by atoms with Gasteiger partial charge in [0.05, 0.1) is 20.6 Å². The number of ether oxygens (including phenoxy) is 3. The highest BCUT2D eigenvalue weighted by Gasteiger charge is 2.25. The molecule has 0 heterocycles. The Kier molecular flexibility index (Phi) is 5.90. The lowest BCUT2D eigenvalue weighted by molar-refractivity contribution is -0.164. The highest BCUT2D eigenvalue weighted by Crippen LogP contribution is 2.31. The van der Waals surface area contributed by atoms with Gasteiger partial charge in [-0.1, -0.05) is 12.1 Å². The lowest BCUT2D eigenvalue weighted by Crippen LogP contribution is -2.20. The van der Waals surface area contributed by atoms with Gasteiger partial charge < -0.3 is 29.5 Å². The summed E-state index contributed by atoms with van der Waals surface area (Å²) in [6, 6.07) is 8.18. The predicted octanol–water partition coefficient (Wildman–Crippen LogP) is 2.03. The van der Waals surface area contributed by atoms with Gasteiger partial charge in [-0.2, -0.15) is 0 Å². The summed E-state index contributed by atoms with van der Waals surface area (Å²) in [5, 5.41) is 28.5. The number of phenolic OH excluding ortho intramolecular Hbond substituents is 2. The molecule has 1 unspecified atom stereocenters. The van der Waals surface area contributed by atoms with Crippen LogP contribution in [0.15, 0.2) is 36.4 Å². The maximum atomic E-state index is 12.1. The minimum atomic E-state index is -1.56. The van der Waals surface area contributed by atoms with Crippen molar-refractivity contribution in [3.8, 4) is 23.0 Å². The number of benzene rings is 2. The second-order valence-electron chi connectivity index (χ2n) is 5.32. The Bertz CT molecular complexity index is 815. The fourth-order valence-electron chi connectivity index (χ4n) is 2.29. The van der Waals surface area contributed by atoms with E-state index in [9.17, 15) is 24.9 Å². The average Bonchev–Trinajstić information content (AvgIpc) is 2.61. The standard InChI is InChI=1S/C18H18O8/c1-24-14-7-10(3-5-12(14)19)8-16(21)26-17(18(22)23)11-4-6-13(20)15(9-11)25-2/h3-7,9,17,19-20H,8H2,1-2H3,(H,22,23). The summed E-state index contributed by atoms with van der Waals surface area (Å²) >= 11 is 0. The van der Waals surface area contributed by atoms with Gasteiger partial charge in [-0.25, -0.2) is 4.79 Å². The van der Waals surface area contributed by atoms with Gasteiger partial charge in [-0.3, -0.25) is 4.79 Å². The second kappa shape index (κ2) is 8.11. The summed E-state index contributed by atoms with van der Waals surface area (Å²) in [4.78, 5) is 23.6. The molecule has 0 aliphatic heterocycles. The number of carbonyl (C=O) groups excluding carboxylic acids is 1. The van der Waals surface area contributed by atoms with E-state index in [0.29, 0.717) is 5.56 Å². The molecule has 0 bridgehead atoms. The van der Waals surface area contributed by atoms with E-state index in [4.69, 9.17) is 14.2 Å². The molecular weight excluding hydrogens is 344 g/mol. The third kappa shape index (κ3) is 4.35. The Morgan fingerprint density at radius 3 is 2.12 bits per heavy atom. The van der Waals surface area contributed by atoms with Crippen LogP contribution in [0.3, 0.4) is 0 Å². The summed E-state index contributed by atoms with van der Waals surface area (Å²) < 4.78 is 15.0. The Balaban J connectivity index is 2.17. The number of phenols is 2. The van der Waals surface area contributed by atoms with Crippen LogP contribution in [0.1, 0.15) is 17.2 Å². The number of hydrogen-bond donors (Lipinski definition) is 3. The molecule has 0 aliphatic rings. The van der Waals surface area contributed by atoms with Crippen LogP contribution < -0.4 is 9.47 Å². The average molecular weight is 362 g/mol. The van der Waals surface area contributed by atoms with E-state index in [1.54, 1.807) is 0 Å². The molecule has 2 aromatic rings. The van der Waals surface area contributed by atoms with Crippen molar-refractivity contribution in [2.75, 3.05) is 14.2 Å². The van der Waals surface area contributed by atoms with E-state index in [0.717, 1.165) is 0 Å². The van der Waals surface area contributed by atoms with Gasteiger partial charge in [-0.15, -0.1) is 0 Å². The molecule has 8 heteroatoms. The third-order valence-electron chi connectivity index (χ3n) is 3.57. The summed E-state index contributed by atoms with van der Waals surface area (Å²) in [5.74, 6) is -2.14. The van der Waals surface area contributed by atoms with Crippen LogP contribution in [0.4, 0.5) is 0 Å². The van der Waals surface area contributed by atoms with Crippen molar-refractivity contribution < 1.29 is 39.1 Å². The molecule has 3 N–H and O–H groups in total. The SMILES string of the molecule is COc1cc(CC(=O)OC(C(=O)O)c2ccc(O)c(OC)c2)ccc1O. The normalized spacial score (nSPS) is 11.5. The van der Waals surface area contributed by atoms with E-state index in [2.05, 4.69) is 0 Å². The quantitative estimate of drug-likeness (QED) is 0.640. The number of hydrogen-bond acceptors (Lipinski definition) is 7. The zero-order valence-corrected chi connectivity index (χ0v) is 14.1. The molecule has 0 saturated heterocycles. The van der Waals surface area contributed by atoms with Crippen molar-refractivity contribution in [1.82, 2.24) is 0 Å². The lowest BCUT2D eigenvalue weighted by atomic mass is 10.1. The zero-order valence-electron chi connectivity index (χ0n) is 14.1. The fourth-order valence-corrected chi connectivity index (χ4v) is 2.29. The number of esters is 1. The van der Waals surface area contributed by atoms with Crippen LogP contribution in [0.2, 0.25) is 0 Å². The van der Waals surface area contributed by atoms with Gasteiger partial charge in [-0.05, 0) is 29.8 Å². The van der Waals surface area contributed by atoms with Crippen LogP contribution in [-0.2, 0) is 20.7 Å². The molecule has 0 radical (unpaired) electrons.